The van der Waals surface area contributed by atoms with Crippen molar-refractivity contribution in [1.29, 1.82) is 0 Å². The molecule has 2 heterocycles. The summed E-state index contributed by atoms with van der Waals surface area (Å²) in [6.07, 6.45) is 4.95. The van der Waals surface area contributed by atoms with Crippen molar-refractivity contribution in [1.82, 2.24) is 15.0 Å². The summed E-state index contributed by atoms with van der Waals surface area (Å²) in [5.41, 5.74) is 5.96. The van der Waals surface area contributed by atoms with Crippen LogP contribution in [-0.4, -0.2) is 34.1 Å². The molecule has 0 bridgehead atoms. The summed E-state index contributed by atoms with van der Waals surface area (Å²) < 4.78 is 4.98. The van der Waals surface area contributed by atoms with E-state index in [2.05, 4.69) is 20.0 Å². The molecule has 0 radical (unpaired) electrons. The van der Waals surface area contributed by atoms with Gasteiger partial charge in [0, 0.05) is 13.1 Å². The van der Waals surface area contributed by atoms with Crippen LogP contribution in [0.15, 0.2) is 9.52 Å². The van der Waals surface area contributed by atoms with Gasteiger partial charge in [-0.15, -0.1) is 0 Å². The van der Waals surface area contributed by atoms with E-state index in [0.29, 0.717) is 24.2 Å². The summed E-state index contributed by atoms with van der Waals surface area (Å²) in [5, 5.41) is 3.71. The molecule has 6 heteroatoms. The van der Waals surface area contributed by atoms with Crippen LogP contribution in [-0.2, 0) is 6.54 Å². The van der Waals surface area contributed by atoms with Crippen molar-refractivity contribution in [2.24, 2.45) is 10.7 Å². The second-order valence-corrected chi connectivity index (χ2v) is 4.31. The van der Waals surface area contributed by atoms with Crippen LogP contribution in [0.25, 0.3) is 0 Å². The Hall–Kier alpha value is -1.59. The van der Waals surface area contributed by atoms with Gasteiger partial charge in [0.15, 0.2) is 11.8 Å². The van der Waals surface area contributed by atoms with Gasteiger partial charge in [-0.3, -0.25) is 0 Å². The first-order valence-electron chi connectivity index (χ1n) is 6.10. The van der Waals surface area contributed by atoms with Crippen LogP contribution in [0.4, 0.5) is 0 Å². The van der Waals surface area contributed by atoms with E-state index >= 15 is 0 Å². The largest absolute Gasteiger partial charge is 0.370 e. The zero-order chi connectivity index (χ0) is 12.1. The molecule has 1 fully saturated rings. The van der Waals surface area contributed by atoms with Crippen LogP contribution in [0, 0.1) is 6.92 Å². The summed E-state index contributed by atoms with van der Waals surface area (Å²) in [7, 11) is 0. The van der Waals surface area contributed by atoms with E-state index < -0.39 is 0 Å². The van der Waals surface area contributed by atoms with Crippen LogP contribution in [0.2, 0.25) is 0 Å². The summed E-state index contributed by atoms with van der Waals surface area (Å²) in [6, 6.07) is 0. The third-order valence-electron chi connectivity index (χ3n) is 2.88. The van der Waals surface area contributed by atoms with Gasteiger partial charge < -0.3 is 15.2 Å². The third kappa shape index (κ3) is 3.44. The minimum Gasteiger partial charge on any atom is -0.370 e. The number of aliphatic imine (C=N–C) groups is 1. The molecule has 0 spiro atoms. The zero-order valence-corrected chi connectivity index (χ0v) is 10.2. The Kier molecular flexibility index (Phi) is 3.95. The normalized spacial score (nSPS) is 18.2. The molecule has 0 aliphatic carbocycles. The SMILES string of the molecule is Cc1noc(CN=C(N)N2CCCCCC2)n1. The maximum absolute atomic E-state index is 5.96. The van der Waals surface area contributed by atoms with Crippen molar-refractivity contribution < 1.29 is 4.52 Å². The average molecular weight is 237 g/mol. The van der Waals surface area contributed by atoms with Crippen molar-refractivity contribution in [3.63, 3.8) is 0 Å². The predicted molar refractivity (Wildman–Crippen MR) is 64.4 cm³/mol. The van der Waals surface area contributed by atoms with Gasteiger partial charge in [-0.25, -0.2) is 4.99 Å². The van der Waals surface area contributed by atoms with Gasteiger partial charge in [0.1, 0.15) is 6.54 Å². The molecule has 6 nitrogen and oxygen atoms in total. The van der Waals surface area contributed by atoms with Crippen LogP contribution in [0.1, 0.15) is 37.4 Å². The van der Waals surface area contributed by atoms with Gasteiger partial charge in [0.05, 0.1) is 0 Å². The highest BCUT2D eigenvalue weighted by molar-refractivity contribution is 5.78. The molecule has 0 amide bonds. The first kappa shape index (κ1) is 11.9. The number of hydrogen-bond acceptors (Lipinski definition) is 4. The maximum Gasteiger partial charge on any atom is 0.248 e. The highest BCUT2D eigenvalue weighted by Crippen LogP contribution is 2.09. The van der Waals surface area contributed by atoms with Gasteiger partial charge in [-0.1, -0.05) is 18.0 Å². The van der Waals surface area contributed by atoms with Crippen LogP contribution < -0.4 is 5.73 Å². The molecular weight excluding hydrogens is 218 g/mol. The summed E-state index contributed by atoms with van der Waals surface area (Å²) >= 11 is 0. The molecule has 0 saturated carbocycles. The number of aromatic nitrogens is 2. The second kappa shape index (κ2) is 5.65. The fourth-order valence-corrected chi connectivity index (χ4v) is 1.95. The standard InChI is InChI=1S/C11H19N5O/c1-9-14-10(17-15-9)8-13-11(12)16-6-4-2-3-5-7-16/h2-8H2,1H3,(H2,12,13). The van der Waals surface area contributed by atoms with E-state index in [1.54, 1.807) is 6.92 Å². The van der Waals surface area contributed by atoms with Crippen LogP contribution in [0.3, 0.4) is 0 Å². The van der Waals surface area contributed by atoms with Gasteiger partial charge in [0.2, 0.25) is 5.89 Å². The Bertz CT molecular complexity index is 379. The quantitative estimate of drug-likeness (QED) is 0.614. The van der Waals surface area contributed by atoms with Crippen molar-refractivity contribution in [3.8, 4) is 0 Å². The predicted octanol–water partition coefficient (Wildman–Crippen LogP) is 1.07. The molecule has 2 rings (SSSR count). The van der Waals surface area contributed by atoms with E-state index in [-0.39, 0.29) is 0 Å². The number of guanidine groups is 1. The van der Waals surface area contributed by atoms with Crippen LogP contribution >= 0.6 is 0 Å². The van der Waals surface area contributed by atoms with E-state index in [4.69, 9.17) is 10.3 Å². The average Bonchev–Trinajstić information content (AvgIpc) is 2.58. The molecule has 1 aromatic rings. The van der Waals surface area contributed by atoms with Gasteiger partial charge >= 0.3 is 0 Å². The first-order chi connectivity index (χ1) is 8.25. The molecule has 1 aliphatic heterocycles. The van der Waals surface area contributed by atoms with Crippen molar-refractivity contribution in [2.45, 2.75) is 39.2 Å². The fraction of sp³-hybridized carbons (Fsp3) is 0.727. The molecule has 1 aliphatic rings. The van der Waals surface area contributed by atoms with E-state index in [1.165, 1.54) is 25.7 Å². The van der Waals surface area contributed by atoms with Crippen molar-refractivity contribution in [3.05, 3.63) is 11.7 Å². The molecule has 2 N–H and O–H groups in total. The fourth-order valence-electron chi connectivity index (χ4n) is 1.95. The smallest absolute Gasteiger partial charge is 0.248 e. The Morgan fingerprint density at radius 3 is 2.65 bits per heavy atom. The maximum atomic E-state index is 5.96. The summed E-state index contributed by atoms with van der Waals surface area (Å²) in [6.45, 7) is 4.15. The molecule has 1 aromatic heterocycles. The molecular formula is C11H19N5O. The number of nitrogens with two attached hydrogens (primary N) is 1. The van der Waals surface area contributed by atoms with Crippen LogP contribution in [0.5, 0.6) is 0 Å². The Labute approximate surface area is 101 Å². The third-order valence-corrected chi connectivity index (χ3v) is 2.88. The number of hydrogen-bond donors (Lipinski definition) is 1. The van der Waals surface area contributed by atoms with Crippen molar-refractivity contribution >= 4 is 5.96 Å². The minimum absolute atomic E-state index is 0.364. The molecule has 0 unspecified atom stereocenters. The lowest BCUT2D eigenvalue weighted by Crippen LogP contribution is -2.38. The summed E-state index contributed by atoms with van der Waals surface area (Å²) in [5.74, 6) is 1.73. The van der Waals surface area contributed by atoms with E-state index in [0.717, 1.165) is 13.1 Å². The zero-order valence-electron chi connectivity index (χ0n) is 10.2. The summed E-state index contributed by atoms with van der Waals surface area (Å²) in [4.78, 5) is 10.5. The Morgan fingerprint density at radius 1 is 1.35 bits per heavy atom. The minimum atomic E-state index is 0.364. The number of aryl methyl sites for hydroxylation is 1. The number of likely N-dealkylation sites (tertiary alicyclic amines) is 1. The Balaban J connectivity index is 1.91. The van der Waals surface area contributed by atoms with Gasteiger partial charge in [-0.05, 0) is 19.8 Å². The molecule has 17 heavy (non-hydrogen) atoms. The molecule has 1 saturated heterocycles. The lowest BCUT2D eigenvalue weighted by Gasteiger charge is -2.20. The molecule has 0 atom stereocenters. The molecule has 0 aromatic carbocycles. The number of nitrogens with zero attached hydrogens (tertiary/aromatic N) is 4. The van der Waals surface area contributed by atoms with E-state index in [1.807, 2.05) is 0 Å². The topological polar surface area (TPSA) is 80.5 Å². The number of rotatable bonds is 2. The molecule has 94 valence electrons. The monoisotopic (exact) mass is 237 g/mol. The second-order valence-electron chi connectivity index (χ2n) is 4.31. The first-order valence-corrected chi connectivity index (χ1v) is 6.10. The highest BCUT2D eigenvalue weighted by Gasteiger charge is 2.11. The van der Waals surface area contributed by atoms with E-state index in [9.17, 15) is 0 Å². The van der Waals surface area contributed by atoms with Gasteiger partial charge in [-0.2, -0.15) is 4.98 Å². The lowest BCUT2D eigenvalue weighted by molar-refractivity contribution is 0.374. The lowest BCUT2D eigenvalue weighted by atomic mass is 10.2. The van der Waals surface area contributed by atoms with Gasteiger partial charge in [0.25, 0.3) is 0 Å². The highest BCUT2D eigenvalue weighted by atomic mass is 16.5. The van der Waals surface area contributed by atoms with Crippen molar-refractivity contribution in [2.75, 3.05) is 13.1 Å². The Morgan fingerprint density at radius 2 is 2.06 bits per heavy atom.